The van der Waals surface area contributed by atoms with Crippen molar-refractivity contribution >= 4 is 15.9 Å². The summed E-state index contributed by atoms with van der Waals surface area (Å²) in [4.78, 5) is 7.19. The predicted octanol–water partition coefficient (Wildman–Crippen LogP) is 2.00. The van der Waals surface area contributed by atoms with Crippen molar-refractivity contribution in [1.82, 2.24) is 19.7 Å². The second-order valence-electron chi connectivity index (χ2n) is 3.87. The number of halogens is 1. The van der Waals surface area contributed by atoms with Gasteiger partial charge in [-0.15, -0.1) is 0 Å². The minimum absolute atomic E-state index is 0.266. The number of hydrogen-bond acceptors (Lipinski definition) is 3. The molecule has 0 aliphatic heterocycles. The molecular weight excluding hydrogens is 270 g/mol. The molecule has 0 amide bonds. The van der Waals surface area contributed by atoms with Crippen molar-refractivity contribution < 1.29 is 0 Å². The van der Waals surface area contributed by atoms with Gasteiger partial charge in [-0.2, -0.15) is 5.10 Å². The smallest absolute Gasteiger partial charge is 0.129 e. The van der Waals surface area contributed by atoms with Gasteiger partial charge in [0, 0.05) is 18.4 Å². The summed E-state index contributed by atoms with van der Waals surface area (Å²) in [6.45, 7) is 4.13. The molecule has 2 rings (SSSR count). The van der Waals surface area contributed by atoms with Gasteiger partial charge in [-0.25, -0.2) is 4.98 Å². The third-order valence-corrected chi connectivity index (χ3v) is 3.00. The van der Waals surface area contributed by atoms with E-state index >= 15 is 0 Å². The van der Waals surface area contributed by atoms with Gasteiger partial charge in [-0.05, 0) is 29.8 Å². The first-order chi connectivity index (χ1) is 7.61. The van der Waals surface area contributed by atoms with E-state index in [0.29, 0.717) is 0 Å². The first-order valence-corrected chi connectivity index (χ1v) is 5.88. The Morgan fingerprint density at radius 3 is 2.81 bits per heavy atom. The zero-order valence-electron chi connectivity index (χ0n) is 9.18. The summed E-state index contributed by atoms with van der Waals surface area (Å²) >= 11 is 3.47. The summed E-state index contributed by atoms with van der Waals surface area (Å²) in [6.07, 6.45) is 5.22. The topological polar surface area (TPSA) is 72.5 Å². The number of nitrogens with zero attached hydrogens (tertiary/aromatic N) is 3. The molecule has 0 aromatic carbocycles. The lowest BCUT2D eigenvalue weighted by Gasteiger charge is -2.15. The van der Waals surface area contributed by atoms with Gasteiger partial charge >= 0.3 is 0 Å². The quantitative estimate of drug-likeness (QED) is 0.905. The van der Waals surface area contributed by atoms with E-state index in [2.05, 4.69) is 44.8 Å². The molecule has 0 fully saturated rings. The van der Waals surface area contributed by atoms with Crippen LogP contribution >= 0.6 is 15.9 Å². The standard InChI is InChI=1S/C10H14BrN5/c1-6(2)16-9(7(11)5-15-16)8(12)10-13-3-4-14-10/h3-6,8H,12H2,1-2H3,(H,13,14). The maximum Gasteiger partial charge on any atom is 0.129 e. The van der Waals surface area contributed by atoms with Crippen LogP contribution in [0.2, 0.25) is 0 Å². The van der Waals surface area contributed by atoms with Crippen LogP contribution < -0.4 is 5.73 Å². The minimum atomic E-state index is -0.297. The molecule has 16 heavy (non-hydrogen) atoms. The fourth-order valence-electron chi connectivity index (χ4n) is 1.63. The molecule has 0 radical (unpaired) electrons. The third kappa shape index (κ3) is 1.90. The van der Waals surface area contributed by atoms with Crippen LogP contribution in [0.1, 0.15) is 37.4 Å². The zero-order chi connectivity index (χ0) is 11.7. The van der Waals surface area contributed by atoms with Crippen molar-refractivity contribution in [2.75, 3.05) is 0 Å². The molecule has 0 spiro atoms. The average molecular weight is 284 g/mol. The Balaban J connectivity index is 2.43. The first-order valence-electron chi connectivity index (χ1n) is 5.09. The molecule has 2 aromatic heterocycles. The lowest BCUT2D eigenvalue weighted by atomic mass is 10.2. The second-order valence-corrected chi connectivity index (χ2v) is 4.72. The molecule has 0 aliphatic rings. The number of imidazole rings is 1. The van der Waals surface area contributed by atoms with Crippen LogP contribution in [-0.2, 0) is 0 Å². The maximum atomic E-state index is 6.16. The Bertz CT molecular complexity index is 460. The molecule has 3 N–H and O–H groups in total. The molecule has 0 bridgehead atoms. The Hall–Kier alpha value is -1.14. The fourth-order valence-corrected chi connectivity index (χ4v) is 2.15. The molecule has 0 saturated carbocycles. The molecule has 1 atom stereocenters. The van der Waals surface area contributed by atoms with E-state index in [1.165, 1.54) is 0 Å². The second kappa shape index (κ2) is 4.39. The normalized spacial score (nSPS) is 13.3. The largest absolute Gasteiger partial charge is 0.347 e. The predicted molar refractivity (Wildman–Crippen MR) is 64.9 cm³/mol. The van der Waals surface area contributed by atoms with E-state index in [4.69, 9.17) is 5.73 Å². The molecule has 5 nitrogen and oxygen atoms in total. The van der Waals surface area contributed by atoms with Gasteiger partial charge in [0.2, 0.25) is 0 Å². The van der Waals surface area contributed by atoms with E-state index in [1.54, 1.807) is 18.6 Å². The van der Waals surface area contributed by atoms with Crippen LogP contribution in [0, 0.1) is 0 Å². The number of aromatic nitrogens is 4. The molecule has 2 aromatic rings. The van der Waals surface area contributed by atoms with Crippen LogP contribution in [0.5, 0.6) is 0 Å². The van der Waals surface area contributed by atoms with Gasteiger partial charge in [0.05, 0.1) is 16.4 Å². The fraction of sp³-hybridized carbons (Fsp3) is 0.400. The number of hydrogen-bond donors (Lipinski definition) is 2. The molecule has 0 aliphatic carbocycles. The van der Waals surface area contributed by atoms with Gasteiger partial charge in [0.15, 0.2) is 0 Å². The Morgan fingerprint density at radius 1 is 1.50 bits per heavy atom. The van der Waals surface area contributed by atoms with Gasteiger partial charge in [0.25, 0.3) is 0 Å². The maximum absolute atomic E-state index is 6.16. The molecule has 1 unspecified atom stereocenters. The molecule has 0 saturated heterocycles. The zero-order valence-corrected chi connectivity index (χ0v) is 10.8. The monoisotopic (exact) mass is 283 g/mol. The van der Waals surface area contributed by atoms with Crippen LogP contribution in [-0.4, -0.2) is 19.7 Å². The highest BCUT2D eigenvalue weighted by Crippen LogP contribution is 2.27. The van der Waals surface area contributed by atoms with E-state index < -0.39 is 0 Å². The van der Waals surface area contributed by atoms with E-state index in [0.717, 1.165) is 16.0 Å². The van der Waals surface area contributed by atoms with Crippen molar-refractivity contribution in [3.05, 3.63) is 34.6 Å². The molecule has 86 valence electrons. The van der Waals surface area contributed by atoms with E-state index in [1.807, 2.05) is 4.68 Å². The van der Waals surface area contributed by atoms with Crippen molar-refractivity contribution in [1.29, 1.82) is 0 Å². The number of aromatic amines is 1. The minimum Gasteiger partial charge on any atom is -0.347 e. The van der Waals surface area contributed by atoms with Crippen LogP contribution in [0.4, 0.5) is 0 Å². The SMILES string of the molecule is CC(C)n1ncc(Br)c1C(N)c1ncc[nH]1. The van der Waals surface area contributed by atoms with E-state index in [-0.39, 0.29) is 12.1 Å². The van der Waals surface area contributed by atoms with Crippen molar-refractivity contribution in [3.63, 3.8) is 0 Å². The number of H-pyrrole nitrogens is 1. The van der Waals surface area contributed by atoms with Crippen molar-refractivity contribution in [2.45, 2.75) is 25.9 Å². The van der Waals surface area contributed by atoms with Crippen molar-refractivity contribution in [3.8, 4) is 0 Å². The van der Waals surface area contributed by atoms with Gasteiger partial charge < -0.3 is 10.7 Å². The van der Waals surface area contributed by atoms with Crippen molar-refractivity contribution in [2.24, 2.45) is 5.73 Å². The molecule has 6 heteroatoms. The lowest BCUT2D eigenvalue weighted by molar-refractivity contribution is 0.495. The summed E-state index contributed by atoms with van der Waals surface area (Å²) in [6, 6.07) is -0.0309. The number of rotatable bonds is 3. The summed E-state index contributed by atoms with van der Waals surface area (Å²) < 4.78 is 2.81. The highest BCUT2D eigenvalue weighted by Gasteiger charge is 2.21. The van der Waals surface area contributed by atoms with Gasteiger partial charge in [0.1, 0.15) is 11.9 Å². The number of nitrogens with two attached hydrogens (primary N) is 1. The Labute approximate surface area is 102 Å². The average Bonchev–Trinajstić information content (AvgIpc) is 2.84. The first kappa shape index (κ1) is 11.3. The Morgan fingerprint density at radius 2 is 2.25 bits per heavy atom. The highest BCUT2D eigenvalue weighted by molar-refractivity contribution is 9.10. The van der Waals surface area contributed by atoms with Crippen LogP contribution in [0.25, 0.3) is 0 Å². The lowest BCUT2D eigenvalue weighted by Crippen LogP contribution is -2.20. The van der Waals surface area contributed by atoms with Crippen LogP contribution in [0.3, 0.4) is 0 Å². The summed E-state index contributed by atoms with van der Waals surface area (Å²) in [5, 5.41) is 4.29. The summed E-state index contributed by atoms with van der Waals surface area (Å²) in [5.41, 5.74) is 7.10. The summed E-state index contributed by atoms with van der Waals surface area (Å²) in [5.74, 6) is 0.739. The Kier molecular flexibility index (Phi) is 3.11. The summed E-state index contributed by atoms with van der Waals surface area (Å²) in [7, 11) is 0. The van der Waals surface area contributed by atoms with Gasteiger partial charge in [-0.1, -0.05) is 0 Å². The highest BCUT2D eigenvalue weighted by atomic mass is 79.9. The third-order valence-electron chi connectivity index (χ3n) is 2.38. The molecular formula is C10H14BrN5. The number of nitrogens with one attached hydrogen (secondary N) is 1. The van der Waals surface area contributed by atoms with Gasteiger partial charge in [-0.3, -0.25) is 4.68 Å². The molecule has 2 heterocycles. The van der Waals surface area contributed by atoms with E-state index in [9.17, 15) is 0 Å². The van der Waals surface area contributed by atoms with Crippen LogP contribution in [0.15, 0.2) is 23.1 Å².